The Morgan fingerprint density at radius 3 is 2.60 bits per heavy atom. The van der Waals surface area contributed by atoms with Crippen LogP contribution in [0.25, 0.3) is 0 Å². The summed E-state index contributed by atoms with van der Waals surface area (Å²) in [7, 11) is 0. The van der Waals surface area contributed by atoms with E-state index in [1.807, 2.05) is 0 Å². The fraction of sp³-hybridized carbons (Fsp3) is 0.111. The van der Waals surface area contributed by atoms with E-state index in [0.29, 0.717) is 0 Å². The van der Waals surface area contributed by atoms with Crippen LogP contribution in [0, 0.1) is 17.5 Å². The van der Waals surface area contributed by atoms with Crippen molar-refractivity contribution in [3.05, 3.63) is 47.4 Å². The summed E-state index contributed by atoms with van der Waals surface area (Å²) in [5.41, 5.74) is -0.0182. The molecule has 0 aliphatic heterocycles. The van der Waals surface area contributed by atoms with Crippen molar-refractivity contribution in [3.63, 3.8) is 0 Å². The third-order valence-corrected chi connectivity index (χ3v) is 1.87. The van der Waals surface area contributed by atoms with E-state index in [9.17, 15) is 13.2 Å². The van der Waals surface area contributed by atoms with Crippen LogP contribution in [0.15, 0.2) is 23.0 Å². The lowest BCUT2D eigenvalue weighted by Gasteiger charge is -2.01. The molecular weight excluding hydrogens is 209 g/mol. The monoisotopic (exact) mass is 214 g/mol. The molecule has 0 spiro atoms. The molecule has 78 valence electrons. The molecule has 3 nitrogen and oxygen atoms in total. The highest BCUT2D eigenvalue weighted by atomic mass is 19.2. The molecule has 1 aromatic heterocycles. The van der Waals surface area contributed by atoms with Crippen molar-refractivity contribution in [3.8, 4) is 0 Å². The molecule has 15 heavy (non-hydrogen) atoms. The van der Waals surface area contributed by atoms with Crippen LogP contribution in [0.5, 0.6) is 0 Å². The van der Waals surface area contributed by atoms with Gasteiger partial charge in [0.15, 0.2) is 23.3 Å². The molecule has 0 atom stereocenters. The SMILES string of the molecule is Fc1ccc(Cc2ncon2)c(F)c1F. The van der Waals surface area contributed by atoms with Crippen LogP contribution in [-0.4, -0.2) is 10.1 Å². The third kappa shape index (κ3) is 1.83. The topological polar surface area (TPSA) is 38.9 Å². The van der Waals surface area contributed by atoms with Crippen LogP contribution in [-0.2, 0) is 6.42 Å². The Morgan fingerprint density at radius 1 is 1.13 bits per heavy atom. The van der Waals surface area contributed by atoms with E-state index in [2.05, 4.69) is 14.7 Å². The number of halogens is 3. The van der Waals surface area contributed by atoms with Gasteiger partial charge in [-0.3, -0.25) is 0 Å². The van der Waals surface area contributed by atoms with E-state index in [1.165, 1.54) is 0 Å². The number of benzene rings is 1. The van der Waals surface area contributed by atoms with Crippen LogP contribution in [0.2, 0.25) is 0 Å². The highest BCUT2D eigenvalue weighted by molar-refractivity contribution is 5.22. The summed E-state index contributed by atoms with van der Waals surface area (Å²) in [4.78, 5) is 3.64. The Hall–Kier alpha value is -1.85. The maximum Gasteiger partial charge on any atom is 0.213 e. The molecule has 1 heterocycles. The molecule has 1 aromatic carbocycles. The standard InChI is InChI=1S/C9H5F3N2O/c10-6-2-1-5(8(11)9(6)12)3-7-13-4-15-14-7/h1-2,4H,3H2. The van der Waals surface area contributed by atoms with Crippen LogP contribution in [0.1, 0.15) is 11.4 Å². The molecular formula is C9H5F3N2O. The van der Waals surface area contributed by atoms with Crippen molar-refractivity contribution >= 4 is 0 Å². The fourth-order valence-electron chi connectivity index (χ4n) is 1.14. The fourth-order valence-corrected chi connectivity index (χ4v) is 1.14. The van der Waals surface area contributed by atoms with Crippen LogP contribution in [0.3, 0.4) is 0 Å². The predicted molar refractivity (Wildman–Crippen MR) is 43.4 cm³/mol. The lowest BCUT2D eigenvalue weighted by molar-refractivity contribution is 0.410. The summed E-state index contributed by atoms with van der Waals surface area (Å²) in [5, 5.41) is 3.44. The summed E-state index contributed by atoms with van der Waals surface area (Å²) in [6.07, 6.45) is 1.03. The van der Waals surface area contributed by atoms with Crippen molar-refractivity contribution in [2.24, 2.45) is 0 Å². The van der Waals surface area contributed by atoms with E-state index < -0.39 is 17.5 Å². The molecule has 0 fully saturated rings. The molecule has 0 aliphatic rings. The first-order valence-corrected chi connectivity index (χ1v) is 4.06. The smallest absolute Gasteiger partial charge is 0.213 e. The number of hydrogen-bond donors (Lipinski definition) is 0. The Labute approximate surface area is 82.5 Å². The summed E-state index contributed by atoms with van der Waals surface area (Å²) in [6, 6.07) is 2.00. The van der Waals surface area contributed by atoms with E-state index in [-0.39, 0.29) is 17.8 Å². The molecule has 0 saturated heterocycles. The van der Waals surface area contributed by atoms with Gasteiger partial charge in [0.25, 0.3) is 0 Å². The Morgan fingerprint density at radius 2 is 1.93 bits per heavy atom. The minimum absolute atomic E-state index is 0.0182. The molecule has 0 N–H and O–H groups in total. The normalized spacial score (nSPS) is 10.6. The molecule has 2 rings (SSSR count). The molecule has 0 unspecified atom stereocenters. The quantitative estimate of drug-likeness (QED) is 0.718. The Kier molecular flexibility index (Phi) is 2.40. The Balaban J connectivity index is 2.34. The van der Waals surface area contributed by atoms with Gasteiger partial charge in [0.05, 0.1) is 0 Å². The third-order valence-electron chi connectivity index (χ3n) is 1.87. The maximum absolute atomic E-state index is 13.2. The first-order valence-electron chi connectivity index (χ1n) is 4.06. The predicted octanol–water partition coefficient (Wildman–Crippen LogP) is 2.08. The zero-order valence-corrected chi connectivity index (χ0v) is 7.38. The maximum atomic E-state index is 13.2. The number of rotatable bonds is 2. The highest BCUT2D eigenvalue weighted by Crippen LogP contribution is 2.16. The number of hydrogen-bond acceptors (Lipinski definition) is 3. The van der Waals surface area contributed by atoms with Crippen molar-refractivity contribution in [1.82, 2.24) is 10.1 Å². The summed E-state index contributed by atoms with van der Waals surface area (Å²) in [5.74, 6) is -3.72. The minimum Gasteiger partial charge on any atom is -0.343 e. The highest BCUT2D eigenvalue weighted by Gasteiger charge is 2.14. The van der Waals surface area contributed by atoms with Gasteiger partial charge in [-0.05, 0) is 11.6 Å². The zero-order valence-electron chi connectivity index (χ0n) is 7.38. The van der Waals surface area contributed by atoms with Gasteiger partial charge in [-0.25, -0.2) is 13.2 Å². The second-order valence-corrected chi connectivity index (χ2v) is 2.86. The first-order chi connectivity index (χ1) is 7.18. The van der Waals surface area contributed by atoms with Crippen molar-refractivity contribution in [2.45, 2.75) is 6.42 Å². The summed E-state index contributed by atoms with van der Waals surface area (Å²) < 4.78 is 43.0. The lowest BCUT2D eigenvalue weighted by Crippen LogP contribution is -1.99. The van der Waals surface area contributed by atoms with E-state index >= 15 is 0 Å². The average Bonchev–Trinajstić information content (AvgIpc) is 2.72. The van der Waals surface area contributed by atoms with E-state index in [0.717, 1.165) is 18.5 Å². The van der Waals surface area contributed by atoms with Gasteiger partial charge in [0, 0.05) is 6.42 Å². The molecule has 0 aliphatic carbocycles. The molecule has 0 bridgehead atoms. The Bertz CT molecular complexity index is 470. The van der Waals surface area contributed by atoms with E-state index in [1.54, 1.807) is 0 Å². The van der Waals surface area contributed by atoms with Crippen LogP contribution in [0.4, 0.5) is 13.2 Å². The van der Waals surface area contributed by atoms with Gasteiger partial charge in [0.2, 0.25) is 6.39 Å². The second-order valence-electron chi connectivity index (χ2n) is 2.86. The van der Waals surface area contributed by atoms with Gasteiger partial charge >= 0.3 is 0 Å². The summed E-state index contributed by atoms with van der Waals surface area (Å²) in [6.45, 7) is 0. The van der Waals surface area contributed by atoms with Crippen LogP contribution < -0.4 is 0 Å². The zero-order chi connectivity index (χ0) is 10.8. The molecule has 0 amide bonds. The van der Waals surface area contributed by atoms with Crippen molar-refractivity contribution < 1.29 is 17.7 Å². The summed E-state index contributed by atoms with van der Waals surface area (Å²) >= 11 is 0. The molecule has 0 radical (unpaired) electrons. The van der Waals surface area contributed by atoms with Gasteiger partial charge in [-0.15, -0.1) is 0 Å². The van der Waals surface area contributed by atoms with E-state index in [4.69, 9.17) is 0 Å². The number of nitrogens with zero attached hydrogens (tertiary/aromatic N) is 2. The van der Waals surface area contributed by atoms with Gasteiger partial charge < -0.3 is 4.52 Å². The number of aromatic nitrogens is 2. The van der Waals surface area contributed by atoms with Gasteiger partial charge in [0.1, 0.15) is 0 Å². The largest absolute Gasteiger partial charge is 0.343 e. The van der Waals surface area contributed by atoms with Gasteiger partial charge in [-0.1, -0.05) is 11.2 Å². The second kappa shape index (κ2) is 3.72. The van der Waals surface area contributed by atoms with Crippen molar-refractivity contribution in [2.75, 3.05) is 0 Å². The molecule has 0 saturated carbocycles. The minimum atomic E-state index is -1.49. The van der Waals surface area contributed by atoms with Crippen LogP contribution >= 0.6 is 0 Å². The van der Waals surface area contributed by atoms with Gasteiger partial charge in [-0.2, -0.15) is 4.98 Å². The first kappa shape index (κ1) is 9.70. The van der Waals surface area contributed by atoms with Crippen molar-refractivity contribution in [1.29, 1.82) is 0 Å². The molecule has 2 aromatic rings. The lowest BCUT2D eigenvalue weighted by atomic mass is 10.1. The average molecular weight is 214 g/mol. The molecule has 6 heteroatoms.